The molecule has 0 radical (unpaired) electrons. The maximum atomic E-state index is 5.54. The van der Waals surface area contributed by atoms with E-state index >= 15 is 0 Å². The predicted octanol–water partition coefficient (Wildman–Crippen LogP) is 2.29. The lowest BCUT2D eigenvalue weighted by atomic mass is 10.4. The van der Waals surface area contributed by atoms with Crippen LogP contribution in [0.2, 0.25) is 0 Å². The highest BCUT2D eigenvalue weighted by molar-refractivity contribution is 7.09. The molecule has 0 unspecified atom stereocenters. The van der Waals surface area contributed by atoms with E-state index in [4.69, 9.17) is 9.47 Å². The van der Waals surface area contributed by atoms with Crippen LogP contribution in [0.3, 0.4) is 0 Å². The highest BCUT2D eigenvalue weighted by Crippen LogP contribution is 2.09. The summed E-state index contributed by atoms with van der Waals surface area (Å²) in [5, 5.41) is 6.47. The van der Waals surface area contributed by atoms with Gasteiger partial charge in [0.15, 0.2) is 5.96 Å². The fraction of sp³-hybridized carbons (Fsp3) is 0.750. The average Bonchev–Trinajstić information content (AvgIpc) is 2.94. The van der Waals surface area contributed by atoms with E-state index in [9.17, 15) is 0 Å². The number of aryl methyl sites for hydroxylation is 1. The topological polar surface area (TPSA) is 59.0 Å². The van der Waals surface area contributed by atoms with Crippen LogP contribution >= 0.6 is 11.3 Å². The first kappa shape index (κ1) is 19.9. The van der Waals surface area contributed by atoms with Crippen molar-refractivity contribution in [2.75, 3.05) is 47.1 Å². The molecule has 1 N–H and O–H groups in total. The molecule has 0 spiro atoms. The zero-order valence-corrected chi connectivity index (χ0v) is 15.6. The second-order valence-corrected chi connectivity index (χ2v) is 6.33. The van der Waals surface area contributed by atoms with Crippen molar-refractivity contribution in [3.63, 3.8) is 0 Å². The van der Waals surface area contributed by atoms with Crippen LogP contribution in [0.1, 0.15) is 30.5 Å². The van der Waals surface area contributed by atoms with Crippen molar-refractivity contribution in [1.29, 1.82) is 0 Å². The van der Waals surface area contributed by atoms with Gasteiger partial charge in [-0.05, 0) is 13.3 Å². The highest BCUT2D eigenvalue weighted by atomic mass is 32.1. The summed E-state index contributed by atoms with van der Waals surface area (Å²) in [5.41, 5.74) is 1.07. The minimum absolute atomic E-state index is 0.637. The Bertz CT molecular complexity index is 451. The van der Waals surface area contributed by atoms with Crippen LogP contribution in [0.25, 0.3) is 0 Å². The molecule has 0 amide bonds. The van der Waals surface area contributed by atoms with Gasteiger partial charge in [0.25, 0.3) is 0 Å². The molecule has 23 heavy (non-hydrogen) atoms. The number of rotatable bonds is 11. The van der Waals surface area contributed by atoms with Gasteiger partial charge in [-0.25, -0.2) is 4.98 Å². The van der Waals surface area contributed by atoms with E-state index < -0.39 is 0 Å². The molecule has 6 nitrogen and oxygen atoms in total. The summed E-state index contributed by atoms with van der Waals surface area (Å²) >= 11 is 1.67. The Hall–Kier alpha value is -1.18. The van der Waals surface area contributed by atoms with Crippen molar-refractivity contribution in [2.24, 2.45) is 4.99 Å². The largest absolute Gasteiger partial charge is 0.379 e. The molecule has 132 valence electrons. The standard InChI is InChI=1S/C16H30N4O2S/c1-5-6-8-21-10-11-22-9-7-18-16(17-3)20(4)12-15-13-23-14(2)19-15/h13H,5-12H2,1-4H3,(H,17,18). The van der Waals surface area contributed by atoms with Gasteiger partial charge in [-0.15, -0.1) is 11.3 Å². The second kappa shape index (κ2) is 12.3. The van der Waals surface area contributed by atoms with E-state index in [0.29, 0.717) is 19.8 Å². The second-order valence-electron chi connectivity index (χ2n) is 5.27. The summed E-state index contributed by atoms with van der Waals surface area (Å²) in [6.07, 6.45) is 2.28. The Balaban J connectivity index is 2.11. The zero-order valence-electron chi connectivity index (χ0n) is 14.8. The van der Waals surface area contributed by atoms with Crippen molar-refractivity contribution in [2.45, 2.75) is 33.2 Å². The summed E-state index contributed by atoms with van der Waals surface area (Å²) in [6.45, 7) is 8.41. The van der Waals surface area contributed by atoms with Gasteiger partial charge >= 0.3 is 0 Å². The summed E-state index contributed by atoms with van der Waals surface area (Å²) < 4.78 is 11.0. The Morgan fingerprint density at radius 1 is 1.30 bits per heavy atom. The summed E-state index contributed by atoms with van der Waals surface area (Å²) in [4.78, 5) is 10.8. The minimum Gasteiger partial charge on any atom is -0.379 e. The first-order valence-corrected chi connectivity index (χ1v) is 9.03. The number of hydrogen-bond acceptors (Lipinski definition) is 5. The number of nitrogens with zero attached hydrogens (tertiary/aromatic N) is 3. The number of ether oxygens (including phenoxy) is 2. The average molecular weight is 343 g/mol. The lowest BCUT2D eigenvalue weighted by Crippen LogP contribution is -2.40. The number of aliphatic imine (C=N–C) groups is 1. The van der Waals surface area contributed by atoms with E-state index in [1.165, 1.54) is 0 Å². The predicted molar refractivity (Wildman–Crippen MR) is 96.2 cm³/mol. The lowest BCUT2D eigenvalue weighted by Gasteiger charge is -2.21. The van der Waals surface area contributed by atoms with Gasteiger partial charge in [0, 0.05) is 32.6 Å². The van der Waals surface area contributed by atoms with E-state index in [1.54, 1.807) is 18.4 Å². The zero-order chi connectivity index (χ0) is 16.9. The van der Waals surface area contributed by atoms with E-state index in [2.05, 4.69) is 32.5 Å². The number of thiazole rings is 1. The molecule has 0 aliphatic rings. The smallest absolute Gasteiger partial charge is 0.193 e. The van der Waals surface area contributed by atoms with Gasteiger partial charge in [0.2, 0.25) is 0 Å². The number of aromatic nitrogens is 1. The molecule has 1 heterocycles. The van der Waals surface area contributed by atoms with Gasteiger partial charge in [0.1, 0.15) is 0 Å². The van der Waals surface area contributed by atoms with Crippen LogP contribution in [0.5, 0.6) is 0 Å². The molecule has 0 aliphatic carbocycles. The van der Waals surface area contributed by atoms with Crippen LogP contribution in [0, 0.1) is 6.92 Å². The molecule has 0 bridgehead atoms. The molecular formula is C16H30N4O2S. The highest BCUT2D eigenvalue weighted by Gasteiger charge is 2.08. The summed E-state index contributed by atoms with van der Waals surface area (Å²) in [7, 11) is 3.79. The molecule has 0 saturated heterocycles. The molecule has 7 heteroatoms. The van der Waals surface area contributed by atoms with Crippen molar-refractivity contribution in [3.05, 3.63) is 16.1 Å². The van der Waals surface area contributed by atoms with E-state index in [-0.39, 0.29) is 0 Å². The number of hydrogen-bond donors (Lipinski definition) is 1. The Kier molecular flexibility index (Phi) is 10.6. The molecule has 1 aromatic rings. The maximum absolute atomic E-state index is 5.54. The van der Waals surface area contributed by atoms with Crippen LogP contribution in [-0.4, -0.2) is 62.9 Å². The first-order valence-electron chi connectivity index (χ1n) is 8.15. The van der Waals surface area contributed by atoms with Gasteiger partial charge in [0.05, 0.1) is 37.1 Å². The maximum Gasteiger partial charge on any atom is 0.193 e. The molecule has 0 aromatic carbocycles. The molecule has 0 saturated carbocycles. The van der Waals surface area contributed by atoms with Gasteiger partial charge in [-0.3, -0.25) is 4.99 Å². The van der Waals surface area contributed by atoms with Crippen molar-refractivity contribution in [3.8, 4) is 0 Å². The normalized spacial score (nSPS) is 11.7. The lowest BCUT2D eigenvalue weighted by molar-refractivity contribution is 0.0486. The van der Waals surface area contributed by atoms with Crippen LogP contribution in [0.4, 0.5) is 0 Å². The summed E-state index contributed by atoms with van der Waals surface area (Å²) in [5.74, 6) is 0.846. The third-order valence-electron chi connectivity index (χ3n) is 3.18. The molecule has 0 fully saturated rings. The Labute approximate surface area is 143 Å². The molecular weight excluding hydrogens is 312 g/mol. The number of nitrogens with one attached hydrogen (secondary N) is 1. The Morgan fingerprint density at radius 3 is 2.65 bits per heavy atom. The first-order chi connectivity index (χ1) is 11.2. The molecule has 1 aromatic heterocycles. The monoisotopic (exact) mass is 342 g/mol. The quantitative estimate of drug-likeness (QED) is 0.380. The van der Waals surface area contributed by atoms with E-state index in [1.807, 2.05) is 14.0 Å². The van der Waals surface area contributed by atoms with Crippen molar-refractivity contribution in [1.82, 2.24) is 15.2 Å². The van der Waals surface area contributed by atoms with Crippen LogP contribution < -0.4 is 5.32 Å². The van der Waals surface area contributed by atoms with Crippen LogP contribution in [0.15, 0.2) is 10.4 Å². The molecule has 0 aliphatic heterocycles. The van der Waals surface area contributed by atoms with Gasteiger partial charge in [-0.1, -0.05) is 13.3 Å². The number of guanidine groups is 1. The molecule has 0 atom stereocenters. The fourth-order valence-electron chi connectivity index (χ4n) is 1.99. The number of unbranched alkanes of at least 4 members (excludes halogenated alkanes) is 1. The third kappa shape index (κ3) is 8.88. The third-order valence-corrected chi connectivity index (χ3v) is 4.01. The summed E-state index contributed by atoms with van der Waals surface area (Å²) in [6, 6.07) is 0. The van der Waals surface area contributed by atoms with E-state index in [0.717, 1.165) is 49.2 Å². The van der Waals surface area contributed by atoms with Gasteiger partial charge in [-0.2, -0.15) is 0 Å². The van der Waals surface area contributed by atoms with Crippen molar-refractivity contribution < 1.29 is 9.47 Å². The molecule has 1 rings (SSSR count). The van der Waals surface area contributed by atoms with Crippen LogP contribution in [-0.2, 0) is 16.0 Å². The fourth-order valence-corrected chi connectivity index (χ4v) is 2.59. The SMILES string of the molecule is CCCCOCCOCCNC(=NC)N(C)Cc1csc(C)n1. The minimum atomic E-state index is 0.637. The Morgan fingerprint density at radius 2 is 2.04 bits per heavy atom. The van der Waals surface area contributed by atoms with Gasteiger partial charge < -0.3 is 19.7 Å². The van der Waals surface area contributed by atoms with Crippen molar-refractivity contribution >= 4 is 17.3 Å².